The second-order valence-corrected chi connectivity index (χ2v) is 5.87. The number of ether oxygens (including phenoxy) is 2. The summed E-state index contributed by atoms with van der Waals surface area (Å²) in [5, 5.41) is 6.81. The highest BCUT2D eigenvalue weighted by molar-refractivity contribution is 6.32. The average Bonchev–Trinajstić information content (AvgIpc) is 2.56. The van der Waals surface area contributed by atoms with Crippen LogP contribution in [0.3, 0.4) is 0 Å². The highest BCUT2D eigenvalue weighted by Crippen LogP contribution is 2.35. The Morgan fingerprint density at radius 3 is 2.38 bits per heavy atom. The maximum atomic E-state index is 12.1. The molecular weight excluding hydrogens is 351 g/mol. The van der Waals surface area contributed by atoms with E-state index in [1.807, 2.05) is 13.0 Å². The van der Waals surface area contributed by atoms with E-state index in [0.29, 0.717) is 32.9 Å². The second kappa shape index (κ2) is 8.13. The number of amides is 1. The maximum absolute atomic E-state index is 12.1. The minimum atomic E-state index is -0.217. The van der Waals surface area contributed by atoms with Gasteiger partial charge in [0.15, 0.2) is 0 Å². The Morgan fingerprint density at radius 1 is 1.04 bits per heavy atom. The summed E-state index contributed by atoms with van der Waals surface area (Å²) in [5.41, 5.74) is 2.19. The van der Waals surface area contributed by atoms with Gasteiger partial charge in [-0.2, -0.15) is 0 Å². The lowest BCUT2D eigenvalue weighted by Crippen LogP contribution is -2.22. The zero-order valence-electron chi connectivity index (χ0n) is 13.6. The Bertz CT molecular complexity index is 751. The van der Waals surface area contributed by atoms with Gasteiger partial charge >= 0.3 is 0 Å². The van der Waals surface area contributed by atoms with E-state index in [4.69, 9.17) is 32.7 Å². The Balaban J connectivity index is 2.04. The molecule has 0 atom stereocenters. The first-order valence-corrected chi connectivity index (χ1v) is 7.91. The van der Waals surface area contributed by atoms with Crippen molar-refractivity contribution >= 4 is 40.5 Å². The lowest BCUT2D eigenvalue weighted by molar-refractivity contribution is -0.114. The average molecular weight is 369 g/mol. The lowest BCUT2D eigenvalue weighted by Gasteiger charge is -2.14. The fourth-order valence-electron chi connectivity index (χ4n) is 2.05. The first kappa shape index (κ1) is 18.2. The largest absolute Gasteiger partial charge is 0.495 e. The number of nitrogens with one attached hydrogen (secondary N) is 2. The van der Waals surface area contributed by atoms with Gasteiger partial charge in [-0.25, -0.2) is 0 Å². The number of aryl methyl sites for hydroxylation is 1. The van der Waals surface area contributed by atoms with Gasteiger partial charge in [0.25, 0.3) is 0 Å². The second-order valence-electron chi connectivity index (χ2n) is 5.05. The molecule has 5 nitrogen and oxygen atoms in total. The topological polar surface area (TPSA) is 59.6 Å². The van der Waals surface area contributed by atoms with E-state index in [0.717, 1.165) is 5.56 Å². The van der Waals surface area contributed by atoms with Crippen LogP contribution in [-0.2, 0) is 4.79 Å². The van der Waals surface area contributed by atoms with Crippen LogP contribution in [0, 0.1) is 6.92 Å². The third-order valence-electron chi connectivity index (χ3n) is 3.37. The highest BCUT2D eigenvalue weighted by Gasteiger charge is 2.11. The van der Waals surface area contributed by atoms with Crippen molar-refractivity contribution in [2.45, 2.75) is 6.92 Å². The molecule has 0 radical (unpaired) electrons. The monoisotopic (exact) mass is 368 g/mol. The van der Waals surface area contributed by atoms with Crippen LogP contribution in [-0.4, -0.2) is 26.7 Å². The van der Waals surface area contributed by atoms with E-state index in [1.54, 1.807) is 24.3 Å². The summed E-state index contributed by atoms with van der Waals surface area (Å²) in [4.78, 5) is 12.1. The summed E-state index contributed by atoms with van der Waals surface area (Å²) < 4.78 is 10.4. The first-order chi connectivity index (χ1) is 11.4. The minimum Gasteiger partial charge on any atom is -0.495 e. The summed E-state index contributed by atoms with van der Waals surface area (Å²) in [6.45, 7) is 1.95. The molecule has 2 aromatic carbocycles. The van der Waals surface area contributed by atoms with Gasteiger partial charge in [0.05, 0.1) is 31.5 Å². The van der Waals surface area contributed by atoms with Crippen molar-refractivity contribution < 1.29 is 14.3 Å². The van der Waals surface area contributed by atoms with E-state index >= 15 is 0 Å². The van der Waals surface area contributed by atoms with Gasteiger partial charge in [-0.3, -0.25) is 4.79 Å². The van der Waals surface area contributed by atoms with Crippen molar-refractivity contribution in [1.82, 2.24) is 0 Å². The summed E-state index contributed by atoms with van der Waals surface area (Å²) in [7, 11) is 3.04. The molecule has 0 aliphatic heterocycles. The van der Waals surface area contributed by atoms with Gasteiger partial charge in [-0.15, -0.1) is 0 Å². The molecule has 128 valence electrons. The van der Waals surface area contributed by atoms with Crippen LogP contribution in [0.25, 0.3) is 0 Å². The number of carbonyl (C=O) groups excluding carboxylic acids is 1. The summed E-state index contributed by atoms with van der Waals surface area (Å²) in [5.74, 6) is 0.795. The number of hydrogen-bond acceptors (Lipinski definition) is 4. The van der Waals surface area contributed by atoms with Crippen molar-refractivity contribution in [1.29, 1.82) is 0 Å². The molecule has 0 aromatic heterocycles. The Labute approximate surface area is 150 Å². The molecule has 2 rings (SSSR count). The molecule has 2 aromatic rings. The molecular formula is C17H18Cl2N2O3. The molecule has 0 spiro atoms. The third kappa shape index (κ3) is 4.46. The predicted molar refractivity (Wildman–Crippen MR) is 97.9 cm³/mol. The molecule has 0 unspecified atom stereocenters. The van der Waals surface area contributed by atoms with Crippen LogP contribution in [0.15, 0.2) is 30.3 Å². The number of halogens is 2. The van der Waals surface area contributed by atoms with Crippen molar-refractivity contribution in [3.63, 3.8) is 0 Å². The third-order valence-corrected chi connectivity index (χ3v) is 4.07. The van der Waals surface area contributed by atoms with Crippen molar-refractivity contribution in [2.24, 2.45) is 0 Å². The lowest BCUT2D eigenvalue weighted by atomic mass is 10.2. The smallest absolute Gasteiger partial charge is 0.243 e. The maximum Gasteiger partial charge on any atom is 0.243 e. The van der Waals surface area contributed by atoms with Crippen LogP contribution in [0.1, 0.15) is 5.56 Å². The fourth-order valence-corrected chi connectivity index (χ4v) is 2.46. The zero-order valence-corrected chi connectivity index (χ0v) is 15.1. The van der Waals surface area contributed by atoms with Gasteiger partial charge in [0.2, 0.25) is 5.91 Å². The van der Waals surface area contributed by atoms with Gasteiger partial charge < -0.3 is 20.1 Å². The molecule has 0 saturated heterocycles. The molecule has 0 aliphatic rings. The van der Waals surface area contributed by atoms with Crippen LogP contribution in [0.5, 0.6) is 11.5 Å². The number of carbonyl (C=O) groups is 1. The van der Waals surface area contributed by atoms with E-state index in [1.165, 1.54) is 14.2 Å². The molecule has 7 heteroatoms. The van der Waals surface area contributed by atoms with Gasteiger partial charge in [0.1, 0.15) is 11.5 Å². The number of benzene rings is 2. The van der Waals surface area contributed by atoms with E-state index in [9.17, 15) is 4.79 Å². The normalized spacial score (nSPS) is 10.2. The van der Waals surface area contributed by atoms with Crippen LogP contribution >= 0.6 is 23.2 Å². The Morgan fingerprint density at radius 2 is 1.75 bits per heavy atom. The quantitative estimate of drug-likeness (QED) is 0.794. The molecule has 0 heterocycles. The van der Waals surface area contributed by atoms with E-state index < -0.39 is 0 Å². The standard InChI is InChI=1S/C17H18Cl2N2O3/c1-10-4-5-11(6-12(10)18)21-17(22)9-20-14-8-15(23-2)13(19)7-16(14)24-3/h4-8,20H,9H2,1-3H3,(H,21,22). The minimum absolute atomic E-state index is 0.0483. The van der Waals surface area contributed by atoms with Crippen molar-refractivity contribution in [2.75, 3.05) is 31.4 Å². The number of rotatable bonds is 6. The Hall–Kier alpha value is -2.11. The van der Waals surface area contributed by atoms with E-state index in [2.05, 4.69) is 10.6 Å². The van der Waals surface area contributed by atoms with Crippen molar-refractivity contribution in [3.8, 4) is 11.5 Å². The predicted octanol–water partition coefficient (Wildman–Crippen LogP) is 4.37. The van der Waals surface area contributed by atoms with Crippen LogP contribution in [0.2, 0.25) is 10.0 Å². The van der Waals surface area contributed by atoms with Gasteiger partial charge in [-0.05, 0) is 24.6 Å². The number of anilines is 2. The van der Waals surface area contributed by atoms with E-state index in [-0.39, 0.29) is 12.5 Å². The van der Waals surface area contributed by atoms with Gasteiger partial charge in [0, 0.05) is 22.8 Å². The molecule has 0 saturated carbocycles. The highest BCUT2D eigenvalue weighted by atomic mass is 35.5. The molecule has 2 N–H and O–H groups in total. The summed E-state index contributed by atoms with van der Waals surface area (Å²) in [6, 6.07) is 8.65. The molecule has 0 fully saturated rings. The van der Waals surface area contributed by atoms with Gasteiger partial charge in [-0.1, -0.05) is 29.3 Å². The number of methoxy groups -OCH3 is 2. The fraction of sp³-hybridized carbons (Fsp3) is 0.235. The molecule has 1 amide bonds. The van der Waals surface area contributed by atoms with Crippen LogP contribution < -0.4 is 20.1 Å². The van der Waals surface area contributed by atoms with Crippen molar-refractivity contribution in [3.05, 3.63) is 45.9 Å². The number of hydrogen-bond donors (Lipinski definition) is 2. The zero-order chi connectivity index (χ0) is 17.7. The summed E-state index contributed by atoms with van der Waals surface area (Å²) in [6.07, 6.45) is 0. The molecule has 0 aliphatic carbocycles. The Kier molecular flexibility index (Phi) is 6.17. The SMILES string of the molecule is COc1cc(NCC(=O)Nc2ccc(C)c(Cl)c2)c(OC)cc1Cl. The molecule has 0 bridgehead atoms. The first-order valence-electron chi connectivity index (χ1n) is 7.16. The summed E-state index contributed by atoms with van der Waals surface area (Å²) >= 11 is 12.1. The van der Waals surface area contributed by atoms with Crippen LogP contribution in [0.4, 0.5) is 11.4 Å². The molecule has 24 heavy (non-hydrogen) atoms.